The van der Waals surface area contributed by atoms with Crippen LogP contribution >= 0.6 is 34.0 Å². The van der Waals surface area contributed by atoms with Crippen LogP contribution in [-0.4, -0.2) is 0 Å². The first-order valence-corrected chi connectivity index (χ1v) is 22.0. The summed E-state index contributed by atoms with van der Waals surface area (Å²) in [6, 6.07) is 73.8. The molecule has 12 aromatic rings. The van der Waals surface area contributed by atoms with Gasteiger partial charge in [-0.25, -0.2) is 0 Å². The minimum Gasteiger partial charge on any atom is -0.310 e. The molecule has 3 heterocycles. The molecular weight excluding hydrogens is 759 g/mol. The Hall–Kier alpha value is -6.56. The lowest BCUT2D eigenvalue weighted by Crippen LogP contribution is -2.10. The minimum absolute atomic E-state index is 1.15. The molecule has 272 valence electrons. The van der Waals surface area contributed by atoms with E-state index >= 15 is 0 Å². The Morgan fingerprint density at radius 2 is 0.879 bits per heavy atom. The van der Waals surface area contributed by atoms with E-state index in [4.69, 9.17) is 0 Å². The fourth-order valence-corrected chi connectivity index (χ4v) is 12.4. The van der Waals surface area contributed by atoms with Crippen molar-refractivity contribution < 1.29 is 0 Å². The summed E-state index contributed by atoms with van der Waals surface area (Å²) < 4.78 is 7.81. The molecule has 0 spiro atoms. The van der Waals surface area contributed by atoms with Crippen LogP contribution in [0.4, 0.5) is 17.1 Å². The standard InChI is InChI=1S/C54H33NS3/c1-4-13-34(14-5-1)37-23-26-45-50(31-37)58-54-41(36-17-8-3-9-18-36)28-29-47(52(45)54)55(39-24-27-43-42-19-10-11-22-48(42)56-51(43)33-39)38-25-30-49-46(32-38)44-21-12-20-40(53(44)57-49)35-15-6-2-7-16-35/h1-33H. The van der Waals surface area contributed by atoms with Crippen LogP contribution < -0.4 is 4.90 Å². The summed E-state index contributed by atoms with van der Waals surface area (Å²) in [7, 11) is 0. The van der Waals surface area contributed by atoms with Crippen LogP contribution in [-0.2, 0) is 0 Å². The molecule has 0 N–H and O–H groups in total. The first-order valence-electron chi connectivity index (χ1n) is 19.6. The average Bonchev–Trinajstić information content (AvgIpc) is 3.98. The van der Waals surface area contributed by atoms with Gasteiger partial charge in [0.15, 0.2) is 0 Å². The molecular formula is C54H33NS3. The maximum atomic E-state index is 2.52. The number of hydrogen-bond donors (Lipinski definition) is 0. The van der Waals surface area contributed by atoms with E-state index in [0.717, 1.165) is 11.4 Å². The molecule has 0 unspecified atom stereocenters. The number of hydrogen-bond acceptors (Lipinski definition) is 4. The highest BCUT2D eigenvalue weighted by Gasteiger charge is 2.23. The predicted octanol–water partition coefficient (Wildman–Crippen LogP) is 17.3. The maximum absolute atomic E-state index is 2.52. The van der Waals surface area contributed by atoms with Crippen LogP contribution in [0.5, 0.6) is 0 Å². The summed E-state index contributed by atoms with van der Waals surface area (Å²) in [6.45, 7) is 0. The lowest BCUT2D eigenvalue weighted by atomic mass is 9.98. The van der Waals surface area contributed by atoms with Crippen LogP contribution in [0.25, 0.3) is 93.9 Å². The smallest absolute Gasteiger partial charge is 0.0555 e. The molecule has 3 aromatic heterocycles. The van der Waals surface area contributed by atoms with Gasteiger partial charge in [0.2, 0.25) is 0 Å². The van der Waals surface area contributed by atoms with Crippen LogP contribution in [0.15, 0.2) is 200 Å². The van der Waals surface area contributed by atoms with E-state index < -0.39 is 0 Å². The third-order valence-electron chi connectivity index (χ3n) is 11.5. The Bertz CT molecular complexity index is 3500. The molecule has 0 aliphatic heterocycles. The first-order chi connectivity index (χ1) is 28.7. The largest absolute Gasteiger partial charge is 0.310 e. The van der Waals surface area contributed by atoms with Crippen molar-refractivity contribution in [2.24, 2.45) is 0 Å². The lowest BCUT2D eigenvalue weighted by molar-refractivity contribution is 1.32. The lowest BCUT2D eigenvalue weighted by Gasteiger charge is -2.27. The molecule has 58 heavy (non-hydrogen) atoms. The minimum atomic E-state index is 1.15. The van der Waals surface area contributed by atoms with Crippen molar-refractivity contribution in [2.75, 3.05) is 4.90 Å². The van der Waals surface area contributed by atoms with Gasteiger partial charge in [0.05, 0.1) is 5.69 Å². The summed E-state index contributed by atoms with van der Waals surface area (Å²) in [6.07, 6.45) is 0. The van der Waals surface area contributed by atoms with Crippen LogP contribution in [0.2, 0.25) is 0 Å². The molecule has 9 aromatic carbocycles. The van der Waals surface area contributed by atoms with Crippen molar-refractivity contribution in [2.45, 2.75) is 0 Å². The quantitative estimate of drug-likeness (QED) is 0.162. The van der Waals surface area contributed by atoms with Crippen molar-refractivity contribution in [3.05, 3.63) is 200 Å². The fourth-order valence-electron chi connectivity index (χ4n) is 8.75. The van der Waals surface area contributed by atoms with Gasteiger partial charge < -0.3 is 4.90 Å². The van der Waals surface area contributed by atoms with Crippen LogP contribution in [0, 0.1) is 0 Å². The number of rotatable bonds is 6. The second kappa shape index (κ2) is 13.5. The molecule has 0 saturated heterocycles. The van der Waals surface area contributed by atoms with Crippen molar-refractivity contribution in [1.82, 2.24) is 0 Å². The highest BCUT2D eigenvalue weighted by molar-refractivity contribution is 7.27. The van der Waals surface area contributed by atoms with Gasteiger partial charge in [0.1, 0.15) is 0 Å². The molecule has 0 saturated carbocycles. The van der Waals surface area contributed by atoms with E-state index in [1.54, 1.807) is 0 Å². The molecule has 0 fully saturated rings. The van der Waals surface area contributed by atoms with E-state index in [-0.39, 0.29) is 0 Å². The molecule has 4 heteroatoms. The predicted molar refractivity (Wildman–Crippen MR) is 256 cm³/mol. The summed E-state index contributed by atoms with van der Waals surface area (Å²) in [5.74, 6) is 0. The van der Waals surface area contributed by atoms with Gasteiger partial charge in [-0.3, -0.25) is 0 Å². The number of thiophene rings is 3. The fraction of sp³-hybridized carbons (Fsp3) is 0. The zero-order chi connectivity index (χ0) is 38.2. The van der Waals surface area contributed by atoms with Crippen molar-refractivity contribution in [1.29, 1.82) is 0 Å². The van der Waals surface area contributed by atoms with Gasteiger partial charge in [-0.1, -0.05) is 152 Å². The molecule has 0 aliphatic carbocycles. The number of nitrogens with zero attached hydrogens (tertiary/aromatic N) is 1. The summed E-state index contributed by atoms with van der Waals surface area (Å²) in [5.41, 5.74) is 11.0. The number of anilines is 3. The van der Waals surface area contributed by atoms with E-state index in [0.29, 0.717) is 0 Å². The van der Waals surface area contributed by atoms with Gasteiger partial charge >= 0.3 is 0 Å². The highest BCUT2D eigenvalue weighted by Crippen LogP contribution is 2.51. The number of fused-ring (bicyclic) bond motifs is 9. The van der Waals surface area contributed by atoms with Crippen LogP contribution in [0.1, 0.15) is 0 Å². The highest BCUT2D eigenvalue weighted by atomic mass is 32.1. The third-order valence-corrected chi connectivity index (χ3v) is 15.0. The third kappa shape index (κ3) is 5.41. The summed E-state index contributed by atoms with van der Waals surface area (Å²) in [5, 5.41) is 7.74. The SMILES string of the molecule is c1ccc(-c2ccc3c(c2)sc2c(-c4ccccc4)ccc(N(c4ccc5c(c4)sc4ccccc45)c4ccc5sc6c(-c7ccccc7)cccc6c5c4)c23)cc1. The monoisotopic (exact) mass is 791 g/mol. The Kier molecular flexibility index (Phi) is 7.83. The van der Waals surface area contributed by atoms with E-state index in [2.05, 4.69) is 205 Å². The van der Waals surface area contributed by atoms with Crippen molar-refractivity contribution in [3.8, 4) is 33.4 Å². The zero-order valence-corrected chi connectivity index (χ0v) is 33.7. The number of benzene rings is 9. The van der Waals surface area contributed by atoms with Gasteiger partial charge in [0, 0.05) is 71.9 Å². The van der Waals surface area contributed by atoms with Crippen molar-refractivity contribution in [3.63, 3.8) is 0 Å². The Balaban J connectivity index is 1.14. The van der Waals surface area contributed by atoms with Gasteiger partial charge in [-0.05, 0) is 81.9 Å². The molecule has 0 atom stereocenters. The van der Waals surface area contributed by atoms with Gasteiger partial charge in [0.25, 0.3) is 0 Å². The second-order valence-electron chi connectivity index (χ2n) is 14.8. The summed E-state index contributed by atoms with van der Waals surface area (Å²) in [4.78, 5) is 2.52. The first kappa shape index (κ1) is 33.6. The Labute approximate surface area is 347 Å². The van der Waals surface area contributed by atoms with Gasteiger partial charge in [-0.2, -0.15) is 0 Å². The molecule has 0 aliphatic rings. The Morgan fingerprint density at radius 1 is 0.293 bits per heavy atom. The maximum Gasteiger partial charge on any atom is 0.0555 e. The summed E-state index contributed by atoms with van der Waals surface area (Å²) >= 11 is 5.66. The van der Waals surface area contributed by atoms with Crippen molar-refractivity contribution >= 4 is 112 Å². The van der Waals surface area contributed by atoms with Crippen LogP contribution in [0.3, 0.4) is 0 Å². The van der Waals surface area contributed by atoms with Gasteiger partial charge in [-0.15, -0.1) is 34.0 Å². The molecule has 0 amide bonds. The van der Waals surface area contributed by atoms with E-state index in [9.17, 15) is 0 Å². The van der Waals surface area contributed by atoms with E-state index in [1.807, 2.05) is 34.0 Å². The second-order valence-corrected chi connectivity index (χ2v) is 18.0. The Morgan fingerprint density at radius 3 is 1.67 bits per heavy atom. The average molecular weight is 792 g/mol. The normalized spacial score (nSPS) is 11.8. The zero-order valence-electron chi connectivity index (χ0n) is 31.2. The molecule has 0 bridgehead atoms. The molecule has 1 nitrogen and oxygen atoms in total. The topological polar surface area (TPSA) is 3.24 Å². The van der Waals surface area contributed by atoms with E-state index in [1.165, 1.54) is 99.6 Å². The molecule has 12 rings (SSSR count). The molecule has 0 radical (unpaired) electrons.